The zero-order valence-corrected chi connectivity index (χ0v) is 7.78. The smallest absolute Gasteiger partial charge is 0.466 e. The standard InChI is InChI=1S/C6H11F3O2Si/c1-2-3-6(10)11-4-5-12(7,8)9/h2-5H2,1H3. The van der Waals surface area contributed by atoms with Gasteiger partial charge in [0.25, 0.3) is 0 Å². The fourth-order valence-corrected chi connectivity index (χ4v) is 0.890. The molecule has 0 aliphatic carbocycles. The Morgan fingerprint density at radius 1 is 1.42 bits per heavy atom. The maximum atomic E-state index is 11.6. The number of hydrogen-bond acceptors (Lipinski definition) is 2. The Hall–Kier alpha value is -0.523. The van der Waals surface area contributed by atoms with Crippen molar-refractivity contribution in [3.63, 3.8) is 0 Å². The molecule has 0 unspecified atom stereocenters. The van der Waals surface area contributed by atoms with E-state index in [2.05, 4.69) is 4.74 Å². The summed E-state index contributed by atoms with van der Waals surface area (Å²) in [7, 11) is -5.52. The second-order valence-electron chi connectivity index (χ2n) is 2.34. The maximum Gasteiger partial charge on any atom is 0.619 e. The molecule has 12 heavy (non-hydrogen) atoms. The lowest BCUT2D eigenvalue weighted by Crippen LogP contribution is -2.18. The lowest BCUT2D eigenvalue weighted by atomic mass is 10.3. The van der Waals surface area contributed by atoms with Gasteiger partial charge < -0.3 is 4.74 Å². The van der Waals surface area contributed by atoms with Gasteiger partial charge in [0, 0.05) is 6.42 Å². The summed E-state index contributed by atoms with van der Waals surface area (Å²) in [6.07, 6.45) is 0.793. The molecule has 0 rings (SSSR count). The van der Waals surface area contributed by atoms with E-state index in [1.54, 1.807) is 6.92 Å². The highest BCUT2D eigenvalue weighted by molar-refractivity contribution is 6.58. The average Bonchev–Trinajstić information content (AvgIpc) is 1.84. The summed E-state index contributed by atoms with van der Waals surface area (Å²) in [5.41, 5.74) is 0. The van der Waals surface area contributed by atoms with Crippen LogP contribution in [0.5, 0.6) is 0 Å². The molecule has 2 nitrogen and oxygen atoms in total. The van der Waals surface area contributed by atoms with Gasteiger partial charge in [-0.1, -0.05) is 6.92 Å². The first kappa shape index (κ1) is 11.5. The van der Waals surface area contributed by atoms with Crippen LogP contribution >= 0.6 is 0 Å². The molecule has 0 saturated heterocycles. The van der Waals surface area contributed by atoms with Crippen molar-refractivity contribution < 1.29 is 21.9 Å². The van der Waals surface area contributed by atoms with Crippen molar-refractivity contribution in [2.24, 2.45) is 0 Å². The monoisotopic (exact) mass is 200 g/mol. The van der Waals surface area contributed by atoms with E-state index >= 15 is 0 Å². The third-order valence-electron chi connectivity index (χ3n) is 1.10. The van der Waals surface area contributed by atoms with Crippen LogP contribution in [0.25, 0.3) is 0 Å². The van der Waals surface area contributed by atoms with Crippen LogP contribution in [-0.4, -0.2) is 21.7 Å². The van der Waals surface area contributed by atoms with Gasteiger partial charge >= 0.3 is 15.0 Å². The van der Waals surface area contributed by atoms with E-state index in [4.69, 9.17) is 0 Å². The number of hydrogen-bond donors (Lipinski definition) is 0. The highest BCUT2D eigenvalue weighted by Crippen LogP contribution is 2.14. The predicted molar refractivity (Wildman–Crippen MR) is 39.8 cm³/mol. The predicted octanol–water partition coefficient (Wildman–Crippen LogP) is 2.18. The van der Waals surface area contributed by atoms with Crippen molar-refractivity contribution >= 4 is 15.0 Å². The van der Waals surface area contributed by atoms with E-state index in [1.165, 1.54) is 0 Å². The Labute approximate surface area is 70.2 Å². The first-order chi connectivity index (χ1) is 5.45. The zero-order chi connectivity index (χ0) is 9.61. The van der Waals surface area contributed by atoms with Gasteiger partial charge in [0.2, 0.25) is 0 Å². The summed E-state index contributed by atoms with van der Waals surface area (Å²) < 4.78 is 39.3. The van der Waals surface area contributed by atoms with Crippen molar-refractivity contribution in [2.45, 2.75) is 25.8 Å². The van der Waals surface area contributed by atoms with E-state index in [9.17, 15) is 17.1 Å². The number of rotatable bonds is 5. The third kappa shape index (κ3) is 7.58. The number of ether oxygens (including phenoxy) is 1. The average molecular weight is 200 g/mol. The van der Waals surface area contributed by atoms with Crippen LogP contribution in [-0.2, 0) is 9.53 Å². The molecule has 0 amide bonds. The Bertz CT molecular complexity index is 146. The first-order valence-electron chi connectivity index (χ1n) is 3.68. The number of carbonyl (C=O) groups excluding carboxylic acids is 1. The lowest BCUT2D eigenvalue weighted by molar-refractivity contribution is -0.143. The van der Waals surface area contributed by atoms with Gasteiger partial charge in [-0.25, -0.2) is 12.3 Å². The molecule has 0 aromatic carbocycles. The SMILES string of the molecule is CCCC(=O)OCC[Si](F)(F)F. The van der Waals surface area contributed by atoms with Crippen LogP contribution in [0.2, 0.25) is 6.04 Å². The summed E-state index contributed by atoms with van der Waals surface area (Å²) >= 11 is 0. The van der Waals surface area contributed by atoms with Gasteiger partial charge in [0.1, 0.15) is 0 Å². The third-order valence-corrected chi connectivity index (χ3v) is 1.87. The summed E-state index contributed by atoms with van der Waals surface area (Å²) in [4.78, 5) is 10.6. The lowest BCUT2D eigenvalue weighted by Gasteiger charge is -2.03. The fourth-order valence-electron chi connectivity index (χ4n) is 0.557. The minimum absolute atomic E-state index is 0.194. The zero-order valence-electron chi connectivity index (χ0n) is 6.78. The molecule has 6 heteroatoms. The van der Waals surface area contributed by atoms with E-state index in [-0.39, 0.29) is 6.42 Å². The number of esters is 1. The Kier molecular flexibility index (Phi) is 4.95. The van der Waals surface area contributed by atoms with Crippen LogP contribution in [0.15, 0.2) is 0 Å². The Morgan fingerprint density at radius 3 is 2.42 bits per heavy atom. The molecule has 72 valence electrons. The van der Waals surface area contributed by atoms with Crippen LogP contribution < -0.4 is 0 Å². The molecule has 0 saturated carbocycles. The van der Waals surface area contributed by atoms with E-state index in [1.807, 2.05) is 0 Å². The molecule has 0 aliphatic rings. The van der Waals surface area contributed by atoms with Crippen LogP contribution in [0, 0.1) is 0 Å². The molecule has 0 fully saturated rings. The number of halogens is 3. The Morgan fingerprint density at radius 2 is 2.00 bits per heavy atom. The van der Waals surface area contributed by atoms with Gasteiger partial charge in [-0.15, -0.1) is 0 Å². The van der Waals surface area contributed by atoms with Crippen molar-refractivity contribution in [3.05, 3.63) is 0 Å². The van der Waals surface area contributed by atoms with Crippen molar-refractivity contribution in [1.82, 2.24) is 0 Å². The minimum Gasteiger partial charge on any atom is -0.466 e. The molecule has 0 aromatic heterocycles. The normalized spacial score (nSPS) is 11.3. The van der Waals surface area contributed by atoms with Crippen LogP contribution in [0.3, 0.4) is 0 Å². The Balaban J connectivity index is 3.37. The number of carbonyl (C=O) groups is 1. The summed E-state index contributed by atoms with van der Waals surface area (Å²) in [6, 6.07) is -0.928. The highest BCUT2D eigenvalue weighted by atomic mass is 28.5. The second kappa shape index (κ2) is 5.18. The van der Waals surface area contributed by atoms with E-state index < -0.39 is 27.7 Å². The molecule has 0 heterocycles. The molecule has 0 aromatic rings. The van der Waals surface area contributed by atoms with Gasteiger partial charge in [-0.3, -0.25) is 4.79 Å². The van der Waals surface area contributed by atoms with E-state index in [0.717, 1.165) is 0 Å². The summed E-state index contributed by atoms with van der Waals surface area (Å²) in [6.45, 7) is 1.26. The highest BCUT2D eigenvalue weighted by Gasteiger charge is 2.36. The molecule has 0 radical (unpaired) electrons. The molecule has 0 bridgehead atoms. The summed E-state index contributed by atoms with van der Waals surface area (Å²) in [5, 5.41) is 0. The molecule has 0 N–H and O–H groups in total. The molecular formula is C6H11F3O2Si. The van der Waals surface area contributed by atoms with Crippen molar-refractivity contribution in [1.29, 1.82) is 0 Å². The molecular weight excluding hydrogens is 189 g/mol. The second-order valence-corrected chi connectivity index (χ2v) is 4.07. The maximum absolute atomic E-state index is 11.6. The van der Waals surface area contributed by atoms with Crippen molar-refractivity contribution in [2.75, 3.05) is 6.61 Å². The molecule has 0 spiro atoms. The van der Waals surface area contributed by atoms with Gasteiger partial charge in [0.05, 0.1) is 12.7 Å². The molecule has 0 aliphatic heterocycles. The fraction of sp³-hybridized carbons (Fsp3) is 0.833. The van der Waals surface area contributed by atoms with E-state index in [0.29, 0.717) is 6.42 Å². The summed E-state index contributed by atoms with van der Waals surface area (Å²) in [5.74, 6) is -0.546. The van der Waals surface area contributed by atoms with Gasteiger partial charge in [-0.2, -0.15) is 0 Å². The van der Waals surface area contributed by atoms with Crippen LogP contribution in [0.1, 0.15) is 19.8 Å². The largest absolute Gasteiger partial charge is 0.619 e. The quantitative estimate of drug-likeness (QED) is 0.386. The molecule has 0 atom stereocenters. The topological polar surface area (TPSA) is 26.3 Å². The van der Waals surface area contributed by atoms with Crippen molar-refractivity contribution in [3.8, 4) is 0 Å². The minimum atomic E-state index is -5.52. The first-order valence-corrected chi connectivity index (χ1v) is 5.52. The van der Waals surface area contributed by atoms with Gasteiger partial charge in [-0.05, 0) is 6.42 Å². The van der Waals surface area contributed by atoms with Crippen LogP contribution in [0.4, 0.5) is 12.3 Å². The van der Waals surface area contributed by atoms with Gasteiger partial charge in [0.15, 0.2) is 0 Å².